The van der Waals surface area contributed by atoms with Gasteiger partial charge in [-0.2, -0.15) is 11.8 Å². The van der Waals surface area contributed by atoms with Crippen LogP contribution in [0.1, 0.15) is 20.3 Å². The third kappa shape index (κ3) is 5.60. The second-order valence-corrected chi connectivity index (χ2v) is 6.55. The van der Waals surface area contributed by atoms with Gasteiger partial charge >= 0.3 is 0 Å². The standard InChI is InChI=1S/C13H28N2OS/c1-12(2)14-9-13(5-7-16-11-13)10-15(3)6-8-17-4/h12,14H,5-11H2,1-4H3. The fourth-order valence-electron chi connectivity index (χ4n) is 2.29. The lowest BCUT2D eigenvalue weighted by Gasteiger charge is -2.33. The zero-order valence-electron chi connectivity index (χ0n) is 11.8. The molecule has 1 fully saturated rings. The maximum absolute atomic E-state index is 5.63. The highest BCUT2D eigenvalue weighted by Gasteiger charge is 2.35. The molecule has 3 nitrogen and oxygen atoms in total. The van der Waals surface area contributed by atoms with E-state index in [1.807, 2.05) is 11.8 Å². The Hall–Kier alpha value is 0.230. The minimum Gasteiger partial charge on any atom is -0.381 e. The number of nitrogens with one attached hydrogen (secondary N) is 1. The molecule has 1 aliphatic rings. The molecule has 1 atom stereocenters. The van der Waals surface area contributed by atoms with Crippen LogP contribution in [0.3, 0.4) is 0 Å². The molecule has 0 aliphatic carbocycles. The molecular formula is C13H28N2OS. The van der Waals surface area contributed by atoms with Crippen LogP contribution in [0.15, 0.2) is 0 Å². The minimum atomic E-state index is 0.331. The Bertz CT molecular complexity index is 206. The second-order valence-electron chi connectivity index (χ2n) is 5.57. The van der Waals surface area contributed by atoms with Crippen molar-refractivity contribution in [1.82, 2.24) is 10.2 Å². The summed E-state index contributed by atoms with van der Waals surface area (Å²) in [6.07, 6.45) is 3.36. The Morgan fingerprint density at radius 2 is 2.24 bits per heavy atom. The van der Waals surface area contributed by atoms with E-state index in [4.69, 9.17) is 4.74 Å². The lowest BCUT2D eigenvalue weighted by atomic mass is 9.86. The van der Waals surface area contributed by atoms with Gasteiger partial charge < -0.3 is 15.0 Å². The van der Waals surface area contributed by atoms with Crippen LogP contribution in [0.2, 0.25) is 0 Å². The quantitative estimate of drug-likeness (QED) is 0.718. The third-order valence-electron chi connectivity index (χ3n) is 3.35. The molecule has 1 rings (SSSR count). The van der Waals surface area contributed by atoms with E-state index >= 15 is 0 Å². The highest BCUT2D eigenvalue weighted by atomic mass is 32.2. The summed E-state index contributed by atoms with van der Waals surface area (Å²) in [5.74, 6) is 1.21. The van der Waals surface area contributed by atoms with Gasteiger partial charge in [0.15, 0.2) is 0 Å². The first-order valence-corrected chi connectivity index (χ1v) is 7.96. The molecular weight excluding hydrogens is 232 g/mol. The van der Waals surface area contributed by atoms with Gasteiger partial charge in [-0.1, -0.05) is 13.8 Å². The number of hydrogen-bond donors (Lipinski definition) is 1. The van der Waals surface area contributed by atoms with Gasteiger partial charge in [-0.15, -0.1) is 0 Å². The lowest BCUT2D eigenvalue weighted by molar-refractivity contribution is 0.119. The van der Waals surface area contributed by atoms with E-state index in [0.29, 0.717) is 11.5 Å². The van der Waals surface area contributed by atoms with Crippen molar-refractivity contribution in [1.29, 1.82) is 0 Å². The van der Waals surface area contributed by atoms with Crippen molar-refractivity contribution in [3.63, 3.8) is 0 Å². The van der Waals surface area contributed by atoms with Gasteiger partial charge in [-0.3, -0.25) is 0 Å². The van der Waals surface area contributed by atoms with E-state index in [0.717, 1.165) is 26.3 Å². The van der Waals surface area contributed by atoms with E-state index in [1.165, 1.54) is 18.7 Å². The van der Waals surface area contributed by atoms with Crippen LogP contribution in [0, 0.1) is 5.41 Å². The highest BCUT2D eigenvalue weighted by Crippen LogP contribution is 2.29. The van der Waals surface area contributed by atoms with Crippen molar-refractivity contribution in [2.24, 2.45) is 5.41 Å². The Kier molecular flexibility index (Phi) is 6.85. The van der Waals surface area contributed by atoms with Gasteiger partial charge in [0, 0.05) is 43.5 Å². The average Bonchev–Trinajstić information content (AvgIpc) is 2.73. The van der Waals surface area contributed by atoms with Crippen LogP contribution < -0.4 is 5.32 Å². The SMILES string of the molecule is CSCCN(C)CC1(CNC(C)C)CCOC1. The summed E-state index contributed by atoms with van der Waals surface area (Å²) >= 11 is 1.92. The fourth-order valence-corrected chi connectivity index (χ4v) is 2.78. The van der Waals surface area contributed by atoms with Crippen LogP contribution in [0.4, 0.5) is 0 Å². The van der Waals surface area contributed by atoms with Gasteiger partial charge in [0.2, 0.25) is 0 Å². The van der Waals surface area contributed by atoms with E-state index in [9.17, 15) is 0 Å². The molecule has 1 N–H and O–H groups in total. The Morgan fingerprint density at radius 3 is 2.76 bits per heavy atom. The molecule has 0 saturated carbocycles. The molecule has 4 heteroatoms. The molecule has 0 radical (unpaired) electrons. The van der Waals surface area contributed by atoms with Crippen LogP contribution in [-0.4, -0.2) is 62.8 Å². The normalized spacial score (nSPS) is 25.1. The monoisotopic (exact) mass is 260 g/mol. The van der Waals surface area contributed by atoms with Crippen LogP contribution >= 0.6 is 11.8 Å². The predicted molar refractivity (Wildman–Crippen MR) is 76.9 cm³/mol. The van der Waals surface area contributed by atoms with Gasteiger partial charge in [0.1, 0.15) is 0 Å². The number of rotatable bonds is 8. The smallest absolute Gasteiger partial charge is 0.0547 e. The minimum absolute atomic E-state index is 0.331. The van der Waals surface area contributed by atoms with Crippen LogP contribution in [0.25, 0.3) is 0 Å². The molecule has 102 valence electrons. The summed E-state index contributed by atoms with van der Waals surface area (Å²) in [7, 11) is 2.23. The molecule has 0 aromatic rings. The van der Waals surface area contributed by atoms with Crippen molar-refractivity contribution < 1.29 is 4.74 Å². The van der Waals surface area contributed by atoms with Crippen LogP contribution in [-0.2, 0) is 4.74 Å². The number of nitrogens with zero attached hydrogens (tertiary/aromatic N) is 1. The fraction of sp³-hybridized carbons (Fsp3) is 1.00. The van der Waals surface area contributed by atoms with Crippen molar-refractivity contribution in [2.75, 3.05) is 51.9 Å². The van der Waals surface area contributed by atoms with Crippen molar-refractivity contribution in [2.45, 2.75) is 26.3 Å². The molecule has 1 saturated heterocycles. The van der Waals surface area contributed by atoms with E-state index in [-0.39, 0.29) is 0 Å². The van der Waals surface area contributed by atoms with Crippen molar-refractivity contribution in [3.8, 4) is 0 Å². The molecule has 0 bridgehead atoms. The molecule has 1 aliphatic heterocycles. The summed E-state index contributed by atoms with van der Waals surface area (Å²) < 4.78 is 5.63. The topological polar surface area (TPSA) is 24.5 Å². The first-order chi connectivity index (χ1) is 8.08. The molecule has 0 aromatic carbocycles. The summed E-state index contributed by atoms with van der Waals surface area (Å²) in [5.41, 5.74) is 0.331. The summed E-state index contributed by atoms with van der Waals surface area (Å²) in [4.78, 5) is 2.45. The zero-order chi connectivity index (χ0) is 12.7. The van der Waals surface area contributed by atoms with Crippen LogP contribution in [0.5, 0.6) is 0 Å². The highest BCUT2D eigenvalue weighted by molar-refractivity contribution is 7.98. The largest absolute Gasteiger partial charge is 0.381 e. The summed E-state index contributed by atoms with van der Waals surface area (Å²) in [6.45, 7) is 9.65. The summed E-state index contributed by atoms with van der Waals surface area (Å²) in [6, 6.07) is 0.559. The first kappa shape index (κ1) is 15.3. The predicted octanol–water partition coefficient (Wildman–Crippen LogP) is 1.69. The maximum Gasteiger partial charge on any atom is 0.0547 e. The van der Waals surface area contributed by atoms with Gasteiger partial charge in [-0.25, -0.2) is 0 Å². The number of thioether (sulfide) groups is 1. The van der Waals surface area contributed by atoms with Crippen molar-refractivity contribution >= 4 is 11.8 Å². The average molecular weight is 260 g/mol. The number of ether oxygens (including phenoxy) is 1. The Labute approximate surface area is 111 Å². The second kappa shape index (κ2) is 7.62. The zero-order valence-corrected chi connectivity index (χ0v) is 12.6. The Morgan fingerprint density at radius 1 is 1.47 bits per heavy atom. The molecule has 1 unspecified atom stereocenters. The van der Waals surface area contributed by atoms with E-state index in [1.54, 1.807) is 0 Å². The molecule has 0 amide bonds. The maximum atomic E-state index is 5.63. The molecule has 17 heavy (non-hydrogen) atoms. The van der Waals surface area contributed by atoms with E-state index in [2.05, 4.69) is 37.4 Å². The van der Waals surface area contributed by atoms with E-state index < -0.39 is 0 Å². The summed E-state index contributed by atoms with van der Waals surface area (Å²) in [5, 5.41) is 3.58. The van der Waals surface area contributed by atoms with Crippen molar-refractivity contribution in [3.05, 3.63) is 0 Å². The molecule has 0 aromatic heterocycles. The van der Waals surface area contributed by atoms with Gasteiger partial charge in [0.25, 0.3) is 0 Å². The van der Waals surface area contributed by atoms with Gasteiger partial charge in [0.05, 0.1) is 6.61 Å². The third-order valence-corrected chi connectivity index (χ3v) is 3.94. The van der Waals surface area contributed by atoms with Gasteiger partial charge in [-0.05, 0) is 19.7 Å². The first-order valence-electron chi connectivity index (χ1n) is 6.57. The molecule has 0 spiro atoms. The lowest BCUT2D eigenvalue weighted by Crippen LogP contribution is -2.45. The number of hydrogen-bond acceptors (Lipinski definition) is 4. The molecule has 1 heterocycles. The Balaban J connectivity index is 2.41.